The maximum Gasteiger partial charge on any atom is 0.330 e. The van der Waals surface area contributed by atoms with Crippen LogP contribution in [0.2, 0.25) is 0 Å². The Kier molecular flexibility index (Phi) is 6.25. The number of hydrogen-bond acceptors (Lipinski definition) is 5. The first-order valence-corrected chi connectivity index (χ1v) is 11.7. The van der Waals surface area contributed by atoms with Crippen LogP contribution in [-0.4, -0.2) is 27.9 Å². The van der Waals surface area contributed by atoms with Gasteiger partial charge in [0.1, 0.15) is 11.8 Å². The highest BCUT2D eigenvalue weighted by Gasteiger charge is 2.64. The normalized spacial score (nSPS) is 27.8. The van der Waals surface area contributed by atoms with Gasteiger partial charge in [-0.1, -0.05) is 67.6 Å². The van der Waals surface area contributed by atoms with Crippen LogP contribution in [0.1, 0.15) is 36.3 Å². The Morgan fingerprint density at radius 2 is 1.68 bits per heavy atom. The third kappa shape index (κ3) is 4.27. The van der Waals surface area contributed by atoms with Crippen molar-refractivity contribution in [3.05, 3.63) is 104 Å². The SMILES string of the molecule is Cc1cn([C@@H]2O[C@@]3(COCc4ccccc4)CC(C)C2[C@H]3OCc2ccccc2)c(=O)[nH]c1=O. The summed E-state index contributed by atoms with van der Waals surface area (Å²) in [5.74, 6) is 0.200. The van der Waals surface area contributed by atoms with Crippen molar-refractivity contribution < 1.29 is 14.2 Å². The van der Waals surface area contributed by atoms with Gasteiger partial charge in [0, 0.05) is 17.7 Å². The second kappa shape index (κ2) is 9.33. The van der Waals surface area contributed by atoms with E-state index < -0.39 is 17.5 Å². The zero-order chi connectivity index (χ0) is 23.7. The summed E-state index contributed by atoms with van der Waals surface area (Å²) in [6, 6.07) is 20.1. The van der Waals surface area contributed by atoms with Gasteiger partial charge in [-0.05, 0) is 30.4 Å². The Labute approximate surface area is 198 Å². The van der Waals surface area contributed by atoms with Crippen molar-refractivity contribution in [2.75, 3.05) is 6.61 Å². The molecule has 0 amide bonds. The van der Waals surface area contributed by atoms with Crippen molar-refractivity contribution in [3.8, 4) is 0 Å². The van der Waals surface area contributed by atoms with Crippen molar-refractivity contribution in [1.29, 1.82) is 0 Å². The first kappa shape index (κ1) is 22.8. The zero-order valence-corrected chi connectivity index (χ0v) is 19.5. The number of nitrogens with zero attached hydrogens (tertiary/aromatic N) is 1. The molecule has 2 bridgehead atoms. The largest absolute Gasteiger partial charge is 0.374 e. The van der Waals surface area contributed by atoms with Gasteiger partial charge in [-0.3, -0.25) is 14.3 Å². The molecule has 2 unspecified atom stereocenters. The molecule has 7 heteroatoms. The lowest BCUT2D eigenvalue weighted by molar-refractivity contribution is -0.168. The molecule has 3 aromatic rings. The quantitative estimate of drug-likeness (QED) is 0.553. The van der Waals surface area contributed by atoms with Crippen molar-refractivity contribution >= 4 is 0 Å². The number of aromatic amines is 1. The van der Waals surface area contributed by atoms with E-state index in [1.54, 1.807) is 13.1 Å². The van der Waals surface area contributed by atoms with Gasteiger partial charge in [0.25, 0.3) is 5.56 Å². The van der Waals surface area contributed by atoms with E-state index in [0.29, 0.717) is 25.4 Å². The summed E-state index contributed by atoms with van der Waals surface area (Å²) >= 11 is 0. The molecule has 0 spiro atoms. The van der Waals surface area contributed by atoms with Crippen LogP contribution >= 0.6 is 0 Å². The van der Waals surface area contributed by atoms with Crippen LogP contribution in [0, 0.1) is 18.8 Å². The first-order valence-electron chi connectivity index (χ1n) is 11.7. The summed E-state index contributed by atoms with van der Waals surface area (Å²) in [6.07, 6.45) is 1.58. The minimum atomic E-state index is -0.679. The lowest BCUT2D eigenvalue weighted by Gasteiger charge is -2.34. The number of nitrogens with one attached hydrogen (secondary N) is 1. The summed E-state index contributed by atoms with van der Waals surface area (Å²) in [4.78, 5) is 27.1. The van der Waals surface area contributed by atoms with E-state index in [2.05, 4.69) is 11.9 Å². The third-order valence-electron chi connectivity index (χ3n) is 7.03. The molecule has 2 aromatic carbocycles. The molecule has 1 N–H and O–H groups in total. The average Bonchev–Trinajstić information content (AvgIpc) is 3.29. The van der Waals surface area contributed by atoms with E-state index in [0.717, 1.165) is 17.5 Å². The molecule has 1 aliphatic heterocycles. The van der Waals surface area contributed by atoms with Crippen LogP contribution in [0.3, 0.4) is 0 Å². The highest BCUT2D eigenvalue weighted by Crippen LogP contribution is 2.56. The van der Waals surface area contributed by atoms with Gasteiger partial charge in [0.2, 0.25) is 0 Å². The standard InChI is InChI=1S/C27H30N2O5/c1-18-13-27(17-32-15-20-9-5-3-6-10-20)23(33-16-21-11-7-4-8-12-21)22(18)25(34-27)29-14-19(2)24(30)28-26(29)31/h3-12,14,18,22-23,25H,13,15-17H2,1-2H3,(H,28,30,31)/t18?,22?,23-,25-,27-/m1/s1. The van der Waals surface area contributed by atoms with E-state index in [4.69, 9.17) is 14.2 Å². The molecule has 5 atom stereocenters. The summed E-state index contributed by atoms with van der Waals surface area (Å²) in [5, 5.41) is 0. The van der Waals surface area contributed by atoms with E-state index in [1.165, 1.54) is 4.57 Å². The highest BCUT2D eigenvalue weighted by molar-refractivity contribution is 5.16. The average molecular weight is 463 g/mol. The number of H-pyrrole nitrogens is 1. The molecule has 1 saturated carbocycles. The van der Waals surface area contributed by atoms with E-state index in [1.807, 2.05) is 60.7 Å². The molecule has 2 fully saturated rings. The van der Waals surface area contributed by atoms with Gasteiger partial charge in [-0.15, -0.1) is 0 Å². The van der Waals surface area contributed by atoms with Crippen LogP contribution < -0.4 is 11.2 Å². The molecule has 5 rings (SSSR count). The highest BCUT2D eigenvalue weighted by atomic mass is 16.6. The Bertz CT molecular complexity index is 1240. The molecule has 0 radical (unpaired) electrons. The Morgan fingerprint density at radius 1 is 1.03 bits per heavy atom. The molecular formula is C27H30N2O5. The fourth-order valence-corrected chi connectivity index (χ4v) is 5.44. The van der Waals surface area contributed by atoms with Crippen LogP contribution in [-0.2, 0) is 27.4 Å². The summed E-state index contributed by atoms with van der Waals surface area (Å²) in [5.41, 5.74) is 1.11. The number of aryl methyl sites for hydroxylation is 1. The van der Waals surface area contributed by atoms with Gasteiger partial charge in [0.05, 0.1) is 25.9 Å². The topological polar surface area (TPSA) is 82.6 Å². The van der Waals surface area contributed by atoms with Crippen molar-refractivity contribution in [3.63, 3.8) is 0 Å². The minimum Gasteiger partial charge on any atom is -0.374 e. The molecule has 178 valence electrons. The van der Waals surface area contributed by atoms with E-state index in [-0.39, 0.29) is 23.5 Å². The van der Waals surface area contributed by atoms with Gasteiger partial charge in [-0.2, -0.15) is 0 Å². The number of rotatable bonds is 8. The van der Waals surface area contributed by atoms with Crippen LogP contribution in [0.15, 0.2) is 76.4 Å². The lowest BCUT2D eigenvalue weighted by atomic mass is 9.94. The third-order valence-corrected chi connectivity index (χ3v) is 7.03. The maximum absolute atomic E-state index is 12.7. The molecule has 2 heterocycles. The molecule has 34 heavy (non-hydrogen) atoms. The molecule has 7 nitrogen and oxygen atoms in total. The Balaban J connectivity index is 1.43. The first-order chi connectivity index (χ1) is 16.5. The fraction of sp³-hybridized carbons (Fsp3) is 0.407. The van der Waals surface area contributed by atoms with Crippen LogP contribution in [0.4, 0.5) is 0 Å². The van der Waals surface area contributed by atoms with Gasteiger partial charge in [0.15, 0.2) is 0 Å². The second-order valence-electron chi connectivity index (χ2n) is 9.51. The maximum atomic E-state index is 12.7. The number of hydrogen-bond donors (Lipinski definition) is 1. The van der Waals surface area contributed by atoms with E-state index in [9.17, 15) is 9.59 Å². The predicted molar refractivity (Wildman–Crippen MR) is 127 cm³/mol. The van der Waals surface area contributed by atoms with E-state index >= 15 is 0 Å². The molecule has 1 aliphatic carbocycles. The summed E-state index contributed by atoms with van der Waals surface area (Å²) < 4.78 is 20.8. The van der Waals surface area contributed by atoms with Crippen molar-refractivity contribution in [1.82, 2.24) is 9.55 Å². The molecular weight excluding hydrogens is 432 g/mol. The van der Waals surface area contributed by atoms with Crippen LogP contribution in [0.25, 0.3) is 0 Å². The Morgan fingerprint density at radius 3 is 2.35 bits per heavy atom. The van der Waals surface area contributed by atoms with Crippen molar-refractivity contribution in [2.24, 2.45) is 11.8 Å². The van der Waals surface area contributed by atoms with Gasteiger partial charge in [-0.25, -0.2) is 4.79 Å². The fourth-order valence-electron chi connectivity index (χ4n) is 5.44. The van der Waals surface area contributed by atoms with Gasteiger partial charge < -0.3 is 14.2 Å². The summed E-state index contributed by atoms with van der Waals surface area (Å²) in [7, 11) is 0. The Hall–Kier alpha value is -3.00. The number of ether oxygens (including phenoxy) is 3. The lowest BCUT2D eigenvalue weighted by Crippen LogP contribution is -2.44. The molecule has 2 aliphatic rings. The monoisotopic (exact) mass is 462 g/mol. The molecule has 1 saturated heterocycles. The smallest absolute Gasteiger partial charge is 0.330 e. The number of aromatic nitrogens is 2. The van der Waals surface area contributed by atoms with Gasteiger partial charge >= 0.3 is 5.69 Å². The summed E-state index contributed by atoms with van der Waals surface area (Å²) in [6.45, 7) is 5.13. The predicted octanol–water partition coefficient (Wildman–Crippen LogP) is 3.57. The zero-order valence-electron chi connectivity index (χ0n) is 19.5. The number of fused-ring (bicyclic) bond motifs is 2. The molecule has 1 aromatic heterocycles. The minimum absolute atomic E-state index is 0.0490. The number of benzene rings is 2. The second-order valence-corrected chi connectivity index (χ2v) is 9.51. The van der Waals surface area contributed by atoms with Crippen molar-refractivity contribution in [2.45, 2.75) is 51.4 Å². The van der Waals surface area contributed by atoms with Crippen LogP contribution in [0.5, 0.6) is 0 Å².